The van der Waals surface area contributed by atoms with E-state index in [1.54, 1.807) is 6.92 Å². The Morgan fingerprint density at radius 3 is 2.54 bits per heavy atom. The number of carbonyl (C=O) groups excluding carboxylic acids is 1. The standard InChI is InChI=1S/C19H31NO4/c1-3-4-11-20(12-13-21)14-18(23)15-24-19-9-7-17(8-10-19)6-5-16(2)22/h7-10,18,21,23H,3-6,11-15H2,1-2H3/t18-/m1/s1. The molecule has 0 saturated heterocycles. The zero-order valence-corrected chi connectivity index (χ0v) is 14.9. The van der Waals surface area contributed by atoms with Gasteiger partial charge in [0, 0.05) is 19.5 Å². The Morgan fingerprint density at radius 2 is 1.96 bits per heavy atom. The summed E-state index contributed by atoms with van der Waals surface area (Å²) >= 11 is 0. The van der Waals surface area contributed by atoms with Crippen LogP contribution < -0.4 is 4.74 Å². The van der Waals surface area contributed by atoms with E-state index in [-0.39, 0.29) is 19.0 Å². The van der Waals surface area contributed by atoms with Crippen molar-refractivity contribution in [3.63, 3.8) is 0 Å². The number of aliphatic hydroxyl groups is 2. The molecule has 0 spiro atoms. The molecule has 0 fully saturated rings. The second-order valence-electron chi connectivity index (χ2n) is 6.19. The van der Waals surface area contributed by atoms with Crippen molar-refractivity contribution in [2.24, 2.45) is 0 Å². The highest BCUT2D eigenvalue weighted by Gasteiger charge is 2.12. The van der Waals surface area contributed by atoms with Crippen molar-refractivity contribution >= 4 is 5.78 Å². The molecule has 136 valence electrons. The van der Waals surface area contributed by atoms with Crippen molar-refractivity contribution in [2.45, 2.75) is 45.6 Å². The third kappa shape index (κ3) is 9.01. The summed E-state index contributed by atoms with van der Waals surface area (Å²) in [6, 6.07) is 7.63. The molecule has 0 bridgehead atoms. The Hall–Kier alpha value is -1.43. The van der Waals surface area contributed by atoms with E-state index in [0.29, 0.717) is 25.3 Å². The lowest BCUT2D eigenvalue weighted by atomic mass is 10.1. The Balaban J connectivity index is 2.36. The van der Waals surface area contributed by atoms with Crippen LogP contribution in [0.25, 0.3) is 0 Å². The van der Waals surface area contributed by atoms with Gasteiger partial charge >= 0.3 is 0 Å². The van der Waals surface area contributed by atoms with Crippen LogP contribution in [0, 0.1) is 0 Å². The van der Waals surface area contributed by atoms with E-state index in [0.717, 1.165) is 31.4 Å². The van der Waals surface area contributed by atoms with Crippen molar-refractivity contribution in [3.05, 3.63) is 29.8 Å². The van der Waals surface area contributed by atoms with Gasteiger partial charge in [0.15, 0.2) is 0 Å². The predicted octanol–water partition coefficient (Wildman–Crippen LogP) is 2.04. The van der Waals surface area contributed by atoms with Crippen LogP contribution in [0.1, 0.15) is 38.7 Å². The van der Waals surface area contributed by atoms with Gasteiger partial charge in [0.2, 0.25) is 0 Å². The Kier molecular flexibility index (Phi) is 10.3. The smallest absolute Gasteiger partial charge is 0.130 e. The van der Waals surface area contributed by atoms with Gasteiger partial charge in [0.1, 0.15) is 24.2 Å². The van der Waals surface area contributed by atoms with Crippen LogP contribution >= 0.6 is 0 Å². The molecule has 24 heavy (non-hydrogen) atoms. The zero-order valence-electron chi connectivity index (χ0n) is 14.9. The number of ketones is 1. The molecule has 1 aromatic rings. The maximum Gasteiger partial charge on any atom is 0.130 e. The Morgan fingerprint density at radius 1 is 1.25 bits per heavy atom. The SMILES string of the molecule is CCCCN(CCO)C[C@@H](O)COc1ccc(CCC(C)=O)cc1. The average Bonchev–Trinajstić information content (AvgIpc) is 2.57. The number of unbranched alkanes of at least 4 members (excludes halogenated alkanes) is 1. The van der Waals surface area contributed by atoms with Gasteiger partial charge in [-0.15, -0.1) is 0 Å². The number of nitrogens with zero attached hydrogens (tertiary/aromatic N) is 1. The van der Waals surface area contributed by atoms with E-state index >= 15 is 0 Å². The fourth-order valence-electron chi connectivity index (χ4n) is 2.43. The molecule has 5 nitrogen and oxygen atoms in total. The number of hydrogen-bond acceptors (Lipinski definition) is 5. The lowest BCUT2D eigenvalue weighted by Crippen LogP contribution is -2.37. The summed E-state index contributed by atoms with van der Waals surface area (Å²) in [4.78, 5) is 13.0. The van der Waals surface area contributed by atoms with Crippen molar-refractivity contribution in [2.75, 3.05) is 32.8 Å². The molecular weight excluding hydrogens is 306 g/mol. The van der Waals surface area contributed by atoms with Crippen molar-refractivity contribution in [1.29, 1.82) is 0 Å². The molecule has 0 amide bonds. The largest absolute Gasteiger partial charge is 0.491 e. The van der Waals surface area contributed by atoms with E-state index in [9.17, 15) is 9.90 Å². The Labute approximate surface area is 145 Å². The minimum absolute atomic E-state index is 0.0962. The highest BCUT2D eigenvalue weighted by molar-refractivity contribution is 5.75. The van der Waals surface area contributed by atoms with E-state index in [1.165, 1.54) is 0 Å². The number of aryl methyl sites for hydroxylation is 1. The molecule has 0 aliphatic rings. The number of aliphatic hydroxyl groups excluding tert-OH is 2. The minimum Gasteiger partial charge on any atom is -0.491 e. The molecule has 0 heterocycles. The van der Waals surface area contributed by atoms with Gasteiger partial charge < -0.3 is 19.7 Å². The molecule has 0 unspecified atom stereocenters. The molecule has 1 atom stereocenters. The molecule has 5 heteroatoms. The van der Waals surface area contributed by atoms with Crippen LogP contribution in [0.5, 0.6) is 5.75 Å². The third-order valence-electron chi connectivity index (χ3n) is 3.84. The van der Waals surface area contributed by atoms with E-state index < -0.39 is 6.10 Å². The molecule has 1 rings (SSSR count). The van der Waals surface area contributed by atoms with Gasteiger partial charge in [0.25, 0.3) is 0 Å². The Bertz CT molecular complexity index is 461. The summed E-state index contributed by atoms with van der Waals surface area (Å²) in [5.74, 6) is 0.900. The van der Waals surface area contributed by atoms with Gasteiger partial charge in [-0.25, -0.2) is 0 Å². The van der Waals surface area contributed by atoms with Gasteiger partial charge in [-0.3, -0.25) is 4.90 Å². The first-order valence-corrected chi connectivity index (χ1v) is 8.77. The van der Waals surface area contributed by atoms with Crippen LogP contribution in [0.15, 0.2) is 24.3 Å². The molecule has 1 aromatic carbocycles. The van der Waals surface area contributed by atoms with Gasteiger partial charge in [-0.1, -0.05) is 25.5 Å². The predicted molar refractivity (Wildman–Crippen MR) is 95.4 cm³/mol. The maximum absolute atomic E-state index is 11.0. The fraction of sp³-hybridized carbons (Fsp3) is 0.632. The van der Waals surface area contributed by atoms with Crippen molar-refractivity contribution in [1.82, 2.24) is 4.90 Å². The number of benzene rings is 1. The first kappa shape index (κ1) is 20.6. The van der Waals surface area contributed by atoms with Gasteiger partial charge in [-0.05, 0) is 44.0 Å². The number of rotatable bonds is 13. The topological polar surface area (TPSA) is 70.0 Å². The second kappa shape index (κ2) is 12.0. The van der Waals surface area contributed by atoms with Gasteiger partial charge in [0.05, 0.1) is 6.61 Å². The fourth-order valence-corrected chi connectivity index (χ4v) is 2.43. The lowest BCUT2D eigenvalue weighted by molar-refractivity contribution is -0.116. The summed E-state index contributed by atoms with van der Waals surface area (Å²) in [5, 5.41) is 19.2. The number of hydrogen-bond donors (Lipinski definition) is 2. The average molecular weight is 337 g/mol. The first-order chi connectivity index (χ1) is 11.5. The van der Waals surface area contributed by atoms with Crippen LogP contribution in [0.2, 0.25) is 0 Å². The van der Waals surface area contributed by atoms with E-state index in [4.69, 9.17) is 9.84 Å². The van der Waals surface area contributed by atoms with Crippen LogP contribution in [0.3, 0.4) is 0 Å². The monoisotopic (exact) mass is 337 g/mol. The second-order valence-corrected chi connectivity index (χ2v) is 6.19. The van der Waals surface area contributed by atoms with Gasteiger partial charge in [-0.2, -0.15) is 0 Å². The first-order valence-electron chi connectivity index (χ1n) is 8.77. The quantitative estimate of drug-likeness (QED) is 0.576. The number of Topliss-reactive ketones (excluding diaryl/α,β-unsaturated/α-hetero) is 1. The van der Waals surface area contributed by atoms with Crippen molar-refractivity contribution < 1.29 is 19.7 Å². The molecule has 0 radical (unpaired) electrons. The van der Waals surface area contributed by atoms with E-state index in [2.05, 4.69) is 11.8 Å². The molecule has 0 aliphatic carbocycles. The zero-order chi connectivity index (χ0) is 17.8. The van der Waals surface area contributed by atoms with E-state index in [1.807, 2.05) is 24.3 Å². The summed E-state index contributed by atoms with van der Waals surface area (Å²) in [5.41, 5.74) is 1.10. The number of carbonyl (C=O) groups is 1. The lowest BCUT2D eigenvalue weighted by Gasteiger charge is -2.24. The normalized spacial score (nSPS) is 12.4. The summed E-state index contributed by atoms with van der Waals surface area (Å²) in [7, 11) is 0. The molecule has 0 saturated carbocycles. The third-order valence-corrected chi connectivity index (χ3v) is 3.84. The molecule has 0 aliphatic heterocycles. The number of ether oxygens (including phenoxy) is 1. The summed E-state index contributed by atoms with van der Waals surface area (Å²) in [6.07, 6.45) is 2.84. The highest BCUT2D eigenvalue weighted by atomic mass is 16.5. The molecule has 2 N–H and O–H groups in total. The molecular formula is C19H31NO4. The van der Waals surface area contributed by atoms with Crippen LogP contribution in [-0.4, -0.2) is 59.8 Å². The molecule has 0 aromatic heterocycles. The minimum atomic E-state index is -0.592. The highest BCUT2D eigenvalue weighted by Crippen LogP contribution is 2.14. The maximum atomic E-state index is 11.0. The van der Waals surface area contributed by atoms with Crippen LogP contribution in [-0.2, 0) is 11.2 Å². The summed E-state index contributed by atoms with van der Waals surface area (Å²) < 4.78 is 5.63. The van der Waals surface area contributed by atoms with Crippen LogP contribution in [0.4, 0.5) is 0 Å². The summed E-state index contributed by atoms with van der Waals surface area (Å²) in [6.45, 7) is 5.98. The van der Waals surface area contributed by atoms with Crippen molar-refractivity contribution in [3.8, 4) is 5.75 Å².